The van der Waals surface area contributed by atoms with Crippen LogP contribution in [0.25, 0.3) is 0 Å². The van der Waals surface area contributed by atoms with E-state index >= 15 is 0 Å². The van der Waals surface area contributed by atoms with Crippen LogP contribution < -0.4 is 20.1 Å². The predicted molar refractivity (Wildman–Crippen MR) is 99.2 cm³/mol. The molecule has 2 N–H and O–H groups in total. The molecule has 0 aliphatic carbocycles. The Bertz CT molecular complexity index is 693. The first kappa shape index (κ1) is 19.1. The second-order valence-electron chi connectivity index (χ2n) is 5.43. The van der Waals surface area contributed by atoms with E-state index in [9.17, 15) is 4.79 Å². The van der Waals surface area contributed by atoms with Crippen molar-refractivity contribution in [3.05, 3.63) is 58.6 Å². The molecule has 0 saturated carbocycles. The molecular formula is C19H23ClN2O3. The van der Waals surface area contributed by atoms with Crippen molar-refractivity contribution in [2.45, 2.75) is 20.0 Å². The molecule has 0 bridgehead atoms. The zero-order valence-corrected chi connectivity index (χ0v) is 15.2. The van der Waals surface area contributed by atoms with E-state index in [1.165, 1.54) is 0 Å². The van der Waals surface area contributed by atoms with Gasteiger partial charge in [0.2, 0.25) is 0 Å². The summed E-state index contributed by atoms with van der Waals surface area (Å²) in [7, 11) is 1.55. The van der Waals surface area contributed by atoms with Gasteiger partial charge in [0, 0.05) is 29.7 Å². The van der Waals surface area contributed by atoms with E-state index < -0.39 is 0 Å². The highest BCUT2D eigenvalue weighted by Crippen LogP contribution is 2.34. The van der Waals surface area contributed by atoms with Crippen LogP contribution in [0, 0.1) is 0 Å². The fourth-order valence-electron chi connectivity index (χ4n) is 2.31. The lowest BCUT2D eigenvalue weighted by atomic mass is 10.2. The number of amides is 1. The molecule has 25 heavy (non-hydrogen) atoms. The SMILES string of the molecule is CCNCc1cc(Cl)cc(OC)c1OCC(=O)NCc1ccccc1. The molecule has 1 amide bonds. The van der Waals surface area contributed by atoms with Gasteiger partial charge in [0.15, 0.2) is 18.1 Å². The lowest BCUT2D eigenvalue weighted by Gasteiger charge is -2.16. The lowest BCUT2D eigenvalue weighted by Crippen LogP contribution is -2.28. The smallest absolute Gasteiger partial charge is 0.258 e. The zero-order valence-electron chi connectivity index (χ0n) is 14.5. The third-order valence-corrected chi connectivity index (χ3v) is 3.78. The molecule has 0 radical (unpaired) electrons. The van der Waals surface area contributed by atoms with Crippen LogP contribution in [0.4, 0.5) is 0 Å². The van der Waals surface area contributed by atoms with Crippen molar-refractivity contribution in [1.82, 2.24) is 10.6 Å². The summed E-state index contributed by atoms with van der Waals surface area (Å²) in [6.07, 6.45) is 0. The Hall–Kier alpha value is -2.24. The van der Waals surface area contributed by atoms with Gasteiger partial charge in [-0.25, -0.2) is 0 Å². The maximum Gasteiger partial charge on any atom is 0.258 e. The Kier molecular flexibility index (Phi) is 7.57. The van der Waals surface area contributed by atoms with Crippen molar-refractivity contribution < 1.29 is 14.3 Å². The maximum atomic E-state index is 12.1. The Balaban J connectivity index is 1.99. The molecule has 6 heteroatoms. The average Bonchev–Trinajstić information content (AvgIpc) is 2.64. The van der Waals surface area contributed by atoms with E-state index in [0.717, 1.165) is 17.7 Å². The largest absolute Gasteiger partial charge is 0.493 e. The molecule has 0 atom stereocenters. The topological polar surface area (TPSA) is 59.6 Å². The van der Waals surface area contributed by atoms with E-state index in [0.29, 0.717) is 29.6 Å². The van der Waals surface area contributed by atoms with Crippen LogP contribution in [0.2, 0.25) is 5.02 Å². The Labute approximate surface area is 153 Å². The van der Waals surface area contributed by atoms with Gasteiger partial charge in [0.25, 0.3) is 5.91 Å². The van der Waals surface area contributed by atoms with Crippen LogP contribution >= 0.6 is 11.6 Å². The molecule has 2 rings (SSSR count). The summed E-state index contributed by atoms with van der Waals surface area (Å²) in [5, 5.41) is 6.62. The number of carbonyl (C=O) groups excluding carboxylic acids is 1. The molecular weight excluding hydrogens is 340 g/mol. The highest BCUT2D eigenvalue weighted by atomic mass is 35.5. The second kappa shape index (κ2) is 9.91. The molecule has 0 fully saturated rings. The van der Waals surface area contributed by atoms with Crippen LogP contribution in [0.15, 0.2) is 42.5 Å². The van der Waals surface area contributed by atoms with Gasteiger partial charge in [0.05, 0.1) is 7.11 Å². The third kappa shape index (κ3) is 5.96. The third-order valence-electron chi connectivity index (χ3n) is 3.56. The fourth-order valence-corrected chi connectivity index (χ4v) is 2.55. The Morgan fingerprint density at radius 2 is 1.92 bits per heavy atom. The monoisotopic (exact) mass is 362 g/mol. The second-order valence-corrected chi connectivity index (χ2v) is 5.86. The first-order chi connectivity index (χ1) is 12.1. The number of rotatable bonds is 9. The summed E-state index contributed by atoms with van der Waals surface area (Å²) in [6.45, 7) is 3.77. The van der Waals surface area contributed by atoms with Crippen molar-refractivity contribution in [1.29, 1.82) is 0 Å². The summed E-state index contributed by atoms with van der Waals surface area (Å²) >= 11 is 6.12. The summed E-state index contributed by atoms with van der Waals surface area (Å²) in [4.78, 5) is 12.1. The molecule has 5 nitrogen and oxygen atoms in total. The van der Waals surface area contributed by atoms with Crippen molar-refractivity contribution in [3.63, 3.8) is 0 Å². The van der Waals surface area contributed by atoms with Crippen LogP contribution in [0.3, 0.4) is 0 Å². The predicted octanol–water partition coefficient (Wildman–Crippen LogP) is 3.15. The normalized spacial score (nSPS) is 10.4. The van der Waals surface area contributed by atoms with Gasteiger partial charge in [-0.15, -0.1) is 0 Å². The van der Waals surface area contributed by atoms with E-state index in [1.807, 2.05) is 43.3 Å². The van der Waals surface area contributed by atoms with Gasteiger partial charge in [0.1, 0.15) is 0 Å². The molecule has 2 aromatic rings. The molecule has 0 heterocycles. The number of hydrogen-bond donors (Lipinski definition) is 2. The number of methoxy groups -OCH3 is 1. The van der Waals surface area contributed by atoms with Gasteiger partial charge >= 0.3 is 0 Å². The minimum atomic E-state index is -0.199. The van der Waals surface area contributed by atoms with Crippen molar-refractivity contribution in [2.24, 2.45) is 0 Å². The highest BCUT2D eigenvalue weighted by molar-refractivity contribution is 6.30. The highest BCUT2D eigenvalue weighted by Gasteiger charge is 2.14. The standard InChI is InChI=1S/C19H23ClN2O3/c1-3-21-12-15-9-16(20)10-17(24-2)19(15)25-13-18(23)22-11-14-7-5-4-6-8-14/h4-10,21H,3,11-13H2,1-2H3,(H,22,23). The zero-order chi connectivity index (χ0) is 18.1. The number of benzene rings is 2. The molecule has 0 unspecified atom stereocenters. The quantitative estimate of drug-likeness (QED) is 0.719. The number of halogens is 1. The summed E-state index contributed by atoms with van der Waals surface area (Å²) in [5.74, 6) is 0.842. The molecule has 0 aromatic heterocycles. The first-order valence-electron chi connectivity index (χ1n) is 8.14. The Morgan fingerprint density at radius 1 is 1.16 bits per heavy atom. The number of hydrogen-bond acceptors (Lipinski definition) is 4. The van der Waals surface area contributed by atoms with Crippen LogP contribution in [-0.2, 0) is 17.9 Å². The van der Waals surface area contributed by atoms with Crippen LogP contribution in [0.5, 0.6) is 11.5 Å². The molecule has 2 aromatic carbocycles. The van der Waals surface area contributed by atoms with Crippen molar-refractivity contribution in [2.75, 3.05) is 20.3 Å². The van der Waals surface area contributed by atoms with E-state index in [1.54, 1.807) is 13.2 Å². The number of nitrogens with one attached hydrogen (secondary N) is 2. The van der Waals surface area contributed by atoms with Gasteiger partial charge in [-0.2, -0.15) is 0 Å². The maximum absolute atomic E-state index is 12.1. The summed E-state index contributed by atoms with van der Waals surface area (Å²) in [5.41, 5.74) is 1.88. The fraction of sp³-hybridized carbons (Fsp3) is 0.316. The average molecular weight is 363 g/mol. The summed E-state index contributed by atoms with van der Waals surface area (Å²) in [6, 6.07) is 13.2. The minimum Gasteiger partial charge on any atom is -0.493 e. The molecule has 0 spiro atoms. The van der Waals surface area contributed by atoms with Gasteiger partial charge < -0.3 is 20.1 Å². The van der Waals surface area contributed by atoms with Crippen molar-refractivity contribution >= 4 is 17.5 Å². The molecule has 0 aliphatic rings. The Morgan fingerprint density at radius 3 is 2.60 bits per heavy atom. The van der Waals surface area contributed by atoms with E-state index in [4.69, 9.17) is 21.1 Å². The van der Waals surface area contributed by atoms with Gasteiger partial charge in [-0.1, -0.05) is 48.9 Å². The van der Waals surface area contributed by atoms with Gasteiger partial charge in [-0.05, 0) is 18.2 Å². The summed E-state index contributed by atoms with van der Waals surface area (Å²) < 4.78 is 11.1. The van der Waals surface area contributed by atoms with Crippen LogP contribution in [0.1, 0.15) is 18.1 Å². The number of ether oxygens (including phenoxy) is 2. The molecule has 0 saturated heterocycles. The van der Waals surface area contributed by atoms with Crippen molar-refractivity contribution in [3.8, 4) is 11.5 Å². The van der Waals surface area contributed by atoms with E-state index in [-0.39, 0.29) is 12.5 Å². The molecule has 0 aliphatic heterocycles. The van der Waals surface area contributed by atoms with E-state index in [2.05, 4.69) is 10.6 Å². The number of carbonyl (C=O) groups is 1. The minimum absolute atomic E-state index is 0.0933. The lowest BCUT2D eigenvalue weighted by molar-refractivity contribution is -0.123. The van der Waals surface area contributed by atoms with Gasteiger partial charge in [-0.3, -0.25) is 4.79 Å². The van der Waals surface area contributed by atoms with Crippen LogP contribution in [-0.4, -0.2) is 26.2 Å². The molecule has 134 valence electrons. The first-order valence-corrected chi connectivity index (χ1v) is 8.52.